The van der Waals surface area contributed by atoms with Crippen LogP contribution in [0.5, 0.6) is 0 Å². The molecule has 2 aliphatic rings. The number of anilines is 1. The predicted molar refractivity (Wildman–Crippen MR) is 130 cm³/mol. The SMILES string of the molecule is Cc1ccc(Sc2nccnc2N2CCC(C(=O)NCCN3CCC[C@@H](C)C3)CC2)cc1. The highest BCUT2D eigenvalue weighted by Gasteiger charge is 2.27. The van der Waals surface area contributed by atoms with Crippen LogP contribution in [-0.2, 0) is 4.79 Å². The Bertz CT molecular complexity index is 882. The van der Waals surface area contributed by atoms with Gasteiger partial charge in [-0.05, 0) is 57.2 Å². The van der Waals surface area contributed by atoms with Crippen molar-refractivity contribution in [1.82, 2.24) is 20.2 Å². The number of hydrogen-bond donors (Lipinski definition) is 1. The molecule has 1 N–H and O–H groups in total. The third-order valence-corrected chi connectivity index (χ3v) is 7.50. The first-order chi connectivity index (χ1) is 15.6. The summed E-state index contributed by atoms with van der Waals surface area (Å²) in [4.78, 5) is 27.8. The Kier molecular flexibility index (Phi) is 8.03. The maximum absolute atomic E-state index is 12.7. The van der Waals surface area contributed by atoms with Crippen LogP contribution in [0.3, 0.4) is 0 Å². The maximum Gasteiger partial charge on any atom is 0.223 e. The molecule has 1 atom stereocenters. The van der Waals surface area contributed by atoms with Crippen molar-refractivity contribution in [3.05, 3.63) is 42.2 Å². The van der Waals surface area contributed by atoms with Crippen LogP contribution < -0.4 is 10.2 Å². The number of nitrogens with zero attached hydrogens (tertiary/aromatic N) is 4. The van der Waals surface area contributed by atoms with Gasteiger partial charge in [0, 0.05) is 55.9 Å². The standard InChI is InChI=1S/C25H35N5OS/c1-19-5-7-22(8-6-19)32-25-23(26-11-12-28-25)30-15-9-21(10-16-30)24(31)27-13-17-29-14-3-4-20(2)18-29/h5-8,11-12,20-21H,3-4,9-10,13-18H2,1-2H3,(H,27,31)/t20-/m1/s1. The molecule has 3 heterocycles. The summed E-state index contributed by atoms with van der Waals surface area (Å²) in [5, 5.41) is 4.11. The molecule has 0 saturated carbocycles. The Morgan fingerprint density at radius 3 is 2.59 bits per heavy atom. The highest BCUT2D eigenvalue weighted by molar-refractivity contribution is 7.99. The van der Waals surface area contributed by atoms with E-state index >= 15 is 0 Å². The topological polar surface area (TPSA) is 61.4 Å². The van der Waals surface area contributed by atoms with Crippen LogP contribution in [0.4, 0.5) is 5.82 Å². The number of nitrogens with one attached hydrogen (secondary N) is 1. The number of amides is 1. The van der Waals surface area contributed by atoms with Crippen LogP contribution in [0.1, 0.15) is 38.2 Å². The summed E-state index contributed by atoms with van der Waals surface area (Å²) >= 11 is 1.65. The third-order valence-electron chi connectivity index (χ3n) is 6.52. The first-order valence-corrected chi connectivity index (χ1v) is 12.7. The van der Waals surface area contributed by atoms with E-state index in [1.807, 2.05) is 0 Å². The lowest BCUT2D eigenvalue weighted by molar-refractivity contribution is -0.125. The van der Waals surface area contributed by atoms with E-state index in [2.05, 4.69) is 63.2 Å². The second-order valence-corrected chi connectivity index (χ2v) is 10.3. The van der Waals surface area contributed by atoms with Crippen LogP contribution in [0.15, 0.2) is 46.6 Å². The lowest BCUT2D eigenvalue weighted by Gasteiger charge is -2.33. The van der Waals surface area contributed by atoms with E-state index in [-0.39, 0.29) is 11.8 Å². The predicted octanol–water partition coefficient (Wildman–Crippen LogP) is 4.00. The van der Waals surface area contributed by atoms with Crippen molar-refractivity contribution >= 4 is 23.5 Å². The number of aromatic nitrogens is 2. The molecule has 0 spiro atoms. The van der Waals surface area contributed by atoms with E-state index in [1.54, 1.807) is 24.2 Å². The molecule has 1 amide bonds. The van der Waals surface area contributed by atoms with Crippen molar-refractivity contribution in [2.45, 2.75) is 49.5 Å². The monoisotopic (exact) mass is 453 g/mol. The molecule has 1 aromatic carbocycles. The molecule has 2 aliphatic heterocycles. The van der Waals surface area contributed by atoms with Gasteiger partial charge in [0.05, 0.1) is 0 Å². The van der Waals surface area contributed by atoms with Crippen LogP contribution >= 0.6 is 11.8 Å². The Labute approximate surface area is 196 Å². The van der Waals surface area contributed by atoms with Crippen LogP contribution in [0, 0.1) is 18.8 Å². The summed E-state index contributed by atoms with van der Waals surface area (Å²) in [5.41, 5.74) is 1.25. The zero-order valence-electron chi connectivity index (χ0n) is 19.3. The summed E-state index contributed by atoms with van der Waals surface area (Å²) in [7, 11) is 0. The van der Waals surface area contributed by atoms with E-state index in [1.165, 1.54) is 24.9 Å². The highest BCUT2D eigenvalue weighted by Crippen LogP contribution is 2.34. The summed E-state index contributed by atoms with van der Waals surface area (Å²) in [5.74, 6) is 2.01. The van der Waals surface area contributed by atoms with Crippen LogP contribution in [-0.4, -0.2) is 60.0 Å². The van der Waals surface area contributed by atoms with Gasteiger partial charge in [0.1, 0.15) is 5.03 Å². The number of carbonyl (C=O) groups excluding carboxylic acids is 1. The summed E-state index contributed by atoms with van der Waals surface area (Å²) in [6, 6.07) is 8.49. The zero-order chi connectivity index (χ0) is 22.3. The van der Waals surface area contributed by atoms with E-state index in [9.17, 15) is 4.79 Å². The number of piperidine rings is 2. The normalized spacial score (nSPS) is 20.3. The van der Waals surface area contributed by atoms with E-state index in [0.29, 0.717) is 0 Å². The van der Waals surface area contributed by atoms with Crippen molar-refractivity contribution in [2.24, 2.45) is 11.8 Å². The summed E-state index contributed by atoms with van der Waals surface area (Å²) in [6.45, 7) is 10.1. The van der Waals surface area contributed by atoms with E-state index in [0.717, 1.165) is 67.2 Å². The molecule has 0 bridgehead atoms. The van der Waals surface area contributed by atoms with Gasteiger partial charge in [-0.1, -0.05) is 36.4 Å². The molecule has 2 fully saturated rings. The average molecular weight is 454 g/mol. The van der Waals surface area contributed by atoms with Crippen molar-refractivity contribution in [2.75, 3.05) is 44.2 Å². The lowest BCUT2D eigenvalue weighted by atomic mass is 9.96. The number of aryl methyl sites for hydroxylation is 1. The Hall–Kier alpha value is -2.12. The van der Waals surface area contributed by atoms with Gasteiger partial charge in [-0.15, -0.1) is 0 Å². The average Bonchev–Trinajstić information content (AvgIpc) is 2.81. The number of carbonyl (C=O) groups is 1. The fourth-order valence-electron chi connectivity index (χ4n) is 4.65. The van der Waals surface area contributed by atoms with Gasteiger partial charge in [0.15, 0.2) is 5.82 Å². The Balaban J connectivity index is 1.26. The number of rotatable bonds is 7. The van der Waals surface area contributed by atoms with E-state index in [4.69, 9.17) is 0 Å². The molecule has 7 heteroatoms. The smallest absolute Gasteiger partial charge is 0.223 e. The number of likely N-dealkylation sites (tertiary alicyclic amines) is 1. The molecule has 1 aromatic heterocycles. The largest absolute Gasteiger partial charge is 0.355 e. The van der Waals surface area contributed by atoms with Gasteiger partial charge in [-0.25, -0.2) is 9.97 Å². The molecule has 0 unspecified atom stereocenters. The molecule has 0 radical (unpaired) electrons. The minimum Gasteiger partial charge on any atom is -0.355 e. The Morgan fingerprint density at radius 2 is 1.84 bits per heavy atom. The minimum absolute atomic E-state index is 0.0939. The van der Waals surface area contributed by atoms with Crippen molar-refractivity contribution in [3.8, 4) is 0 Å². The molecule has 172 valence electrons. The van der Waals surface area contributed by atoms with Crippen molar-refractivity contribution in [3.63, 3.8) is 0 Å². The molecule has 4 rings (SSSR count). The Morgan fingerprint density at radius 1 is 1.09 bits per heavy atom. The first kappa shape index (κ1) is 23.1. The van der Waals surface area contributed by atoms with Gasteiger partial charge in [0.2, 0.25) is 5.91 Å². The van der Waals surface area contributed by atoms with Crippen molar-refractivity contribution in [1.29, 1.82) is 0 Å². The quantitative estimate of drug-likeness (QED) is 0.684. The minimum atomic E-state index is 0.0939. The number of benzene rings is 1. The molecule has 2 saturated heterocycles. The second kappa shape index (κ2) is 11.1. The van der Waals surface area contributed by atoms with Crippen LogP contribution in [0.25, 0.3) is 0 Å². The molecular weight excluding hydrogens is 418 g/mol. The maximum atomic E-state index is 12.7. The fourth-order valence-corrected chi connectivity index (χ4v) is 5.53. The third kappa shape index (κ3) is 6.23. The van der Waals surface area contributed by atoms with Gasteiger partial charge in [-0.3, -0.25) is 4.79 Å². The molecule has 2 aromatic rings. The first-order valence-electron chi connectivity index (χ1n) is 11.9. The van der Waals surface area contributed by atoms with Crippen molar-refractivity contribution < 1.29 is 4.79 Å². The second-order valence-electron chi connectivity index (χ2n) is 9.20. The van der Waals surface area contributed by atoms with Gasteiger partial charge >= 0.3 is 0 Å². The number of hydrogen-bond acceptors (Lipinski definition) is 6. The summed E-state index contributed by atoms with van der Waals surface area (Å²) in [6.07, 6.45) is 7.84. The molecule has 0 aliphatic carbocycles. The molecular formula is C25H35N5OS. The zero-order valence-corrected chi connectivity index (χ0v) is 20.1. The molecule has 6 nitrogen and oxygen atoms in total. The fraction of sp³-hybridized carbons (Fsp3) is 0.560. The lowest BCUT2D eigenvalue weighted by Crippen LogP contribution is -2.44. The molecule has 32 heavy (non-hydrogen) atoms. The van der Waals surface area contributed by atoms with Gasteiger partial charge < -0.3 is 15.1 Å². The summed E-state index contributed by atoms with van der Waals surface area (Å²) < 4.78 is 0. The van der Waals surface area contributed by atoms with Gasteiger partial charge in [0.25, 0.3) is 0 Å². The highest BCUT2D eigenvalue weighted by atomic mass is 32.2. The van der Waals surface area contributed by atoms with Crippen LogP contribution in [0.2, 0.25) is 0 Å². The van der Waals surface area contributed by atoms with E-state index < -0.39 is 0 Å². The van der Waals surface area contributed by atoms with Gasteiger partial charge in [-0.2, -0.15) is 0 Å².